The van der Waals surface area contributed by atoms with Gasteiger partial charge in [-0.05, 0) is 44.9 Å². The number of hydrogen-bond acceptors (Lipinski definition) is 8. The van der Waals surface area contributed by atoms with Gasteiger partial charge in [0.05, 0.1) is 11.4 Å². The van der Waals surface area contributed by atoms with Crippen molar-refractivity contribution in [1.29, 1.82) is 0 Å². The number of rotatable bonds is 4. The summed E-state index contributed by atoms with van der Waals surface area (Å²) in [5.74, 6) is 1.16. The van der Waals surface area contributed by atoms with Gasteiger partial charge < -0.3 is 30.8 Å². The Kier molecular flexibility index (Phi) is 5.20. The molecule has 3 aromatic rings. The normalized spacial score (nSPS) is 19.1. The molecule has 0 spiro atoms. The Morgan fingerprint density at radius 2 is 2.15 bits per heavy atom. The van der Waals surface area contributed by atoms with Gasteiger partial charge in [0.25, 0.3) is 5.91 Å². The van der Waals surface area contributed by atoms with Gasteiger partial charge in [-0.3, -0.25) is 4.79 Å². The molecule has 9 nitrogen and oxygen atoms in total. The lowest BCUT2D eigenvalue weighted by Crippen LogP contribution is -2.43. The van der Waals surface area contributed by atoms with Crippen LogP contribution in [0.25, 0.3) is 11.5 Å². The lowest BCUT2D eigenvalue weighted by molar-refractivity contribution is 0.102. The quantitative estimate of drug-likeness (QED) is 0.554. The van der Waals surface area contributed by atoms with Gasteiger partial charge in [-0.15, -0.1) is 0 Å². The Labute approximate surface area is 192 Å². The van der Waals surface area contributed by atoms with Crippen molar-refractivity contribution in [3.8, 4) is 17.2 Å². The van der Waals surface area contributed by atoms with Crippen molar-refractivity contribution in [1.82, 2.24) is 9.97 Å². The van der Waals surface area contributed by atoms with Crippen LogP contribution < -0.4 is 26.4 Å². The van der Waals surface area contributed by atoms with E-state index in [0.717, 1.165) is 49.4 Å². The molecular weight excluding hydrogens is 420 g/mol. The second-order valence-corrected chi connectivity index (χ2v) is 9.33. The van der Waals surface area contributed by atoms with Gasteiger partial charge in [0.1, 0.15) is 23.4 Å². The van der Waals surface area contributed by atoms with Crippen LogP contribution in [0, 0.1) is 0 Å². The second kappa shape index (κ2) is 8.08. The summed E-state index contributed by atoms with van der Waals surface area (Å²) < 4.78 is 11.7. The largest absolute Gasteiger partial charge is 0.487 e. The van der Waals surface area contributed by atoms with Gasteiger partial charge in [-0.1, -0.05) is 0 Å². The first kappa shape index (κ1) is 21.3. The van der Waals surface area contributed by atoms with Crippen LogP contribution in [0.4, 0.5) is 17.2 Å². The maximum absolute atomic E-state index is 13.1. The van der Waals surface area contributed by atoms with Crippen molar-refractivity contribution >= 4 is 23.1 Å². The molecule has 4 heterocycles. The minimum Gasteiger partial charge on any atom is -0.487 e. The molecule has 2 aliphatic rings. The summed E-state index contributed by atoms with van der Waals surface area (Å²) in [4.78, 5) is 23.6. The fourth-order valence-electron chi connectivity index (χ4n) is 4.51. The van der Waals surface area contributed by atoms with Crippen molar-refractivity contribution in [2.75, 3.05) is 29.0 Å². The van der Waals surface area contributed by atoms with Crippen LogP contribution in [-0.2, 0) is 6.42 Å². The molecule has 0 radical (unpaired) electrons. The number of carbonyl (C=O) groups excluding carboxylic acids is 1. The van der Waals surface area contributed by atoms with Gasteiger partial charge in [0.2, 0.25) is 5.89 Å². The number of anilines is 3. The maximum atomic E-state index is 13.1. The van der Waals surface area contributed by atoms with E-state index in [1.165, 1.54) is 6.26 Å². The Balaban J connectivity index is 1.44. The molecule has 1 fully saturated rings. The minimum atomic E-state index is -0.354. The van der Waals surface area contributed by atoms with Crippen LogP contribution in [0.1, 0.15) is 42.7 Å². The molecule has 0 bridgehead atoms. The number of piperidine rings is 1. The number of fused-ring (bicyclic) bond motifs is 1. The van der Waals surface area contributed by atoms with E-state index in [1.54, 1.807) is 18.3 Å². The summed E-state index contributed by atoms with van der Waals surface area (Å²) >= 11 is 0. The fraction of sp³-hybridized carbons (Fsp3) is 0.375. The van der Waals surface area contributed by atoms with Crippen molar-refractivity contribution < 1.29 is 13.9 Å². The van der Waals surface area contributed by atoms with Crippen LogP contribution in [-0.4, -0.2) is 40.6 Å². The van der Waals surface area contributed by atoms with E-state index in [0.29, 0.717) is 23.0 Å². The van der Waals surface area contributed by atoms with Gasteiger partial charge in [-0.2, -0.15) is 0 Å². The highest BCUT2D eigenvalue weighted by atomic mass is 16.5. The third-order valence-corrected chi connectivity index (χ3v) is 5.99. The molecule has 172 valence electrons. The second-order valence-electron chi connectivity index (χ2n) is 9.33. The molecule has 5 N–H and O–H groups in total. The average Bonchev–Trinajstić information content (AvgIpc) is 3.36. The Bertz CT molecular complexity index is 1200. The van der Waals surface area contributed by atoms with E-state index in [-0.39, 0.29) is 23.2 Å². The fourth-order valence-corrected chi connectivity index (χ4v) is 4.51. The molecule has 33 heavy (non-hydrogen) atoms. The van der Waals surface area contributed by atoms with Crippen LogP contribution in [0.3, 0.4) is 0 Å². The first-order valence-electron chi connectivity index (χ1n) is 11.1. The van der Waals surface area contributed by atoms with E-state index in [4.69, 9.17) is 20.6 Å². The summed E-state index contributed by atoms with van der Waals surface area (Å²) in [5, 5.41) is 3.04. The molecule has 1 amide bonds. The number of carbonyl (C=O) groups is 1. The number of nitrogens with two attached hydrogens (primary N) is 2. The van der Waals surface area contributed by atoms with Crippen molar-refractivity contribution in [3.05, 3.63) is 48.0 Å². The number of ether oxygens (including phenoxy) is 1. The molecule has 9 heteroatoms. The predicted molar refractivity (Wildman–Crippen MR) is 126 cm³/mol. The number of benzene rings is 1. The molecule has 5 rings (SSSR count). The Hall–Kier alpha value is -3.59. The number of nitrogens with one attached hydrogen (secondary N) is 1. The summed E-state index contributed by atoms with van der Waals surface area (Å²) in [6.45, 7) is 5.72. The van der Waals surface area contributed by atoms with Gasteiger partial charge >= 0.3 is 0 Å². The van der Waals surface area contributed by atoms with Crippen LogP contribution >= 0.6 is 0 Å². The lowest BCUT2D eigenvalue weighted by Gasteiger charge is -2.34. The van der Waals surface area contributed by atoms with Crippen molar-refractivity contribution in [3.63, 3.8) is 0 Å². The van der Waals surface area contributed by atoms with Crippen LogP contribution in [0.15, 0.2) is 41.1 Å². The van der Waals surface area contributed by atoms with Gasteiger partial charge in [0.15, 0.2) is 5.69 Å². The van der Waals surface area contributed by atoms with E-state index >= 15 is 0 Å². The third kappa shape index (κ3) is 4.36. The standard InChI is InChI=1S/C24H28N6O3/c1-24(2)11-15-8-17(19(10-20(15)33-24)30-7-3-4-16(25)12-30)28-22(31)18-13-32-23(29-18)14-5-6-27-21(26)9-14/h5-6,8-10,13,16H,3-4,7,11-12,25H2,1-2H3,(H2,26,27)(H,28,31)/t16-/m1/s1. The molecule has 1 atom stereocenters. The number of aromatic nitrogens is 2. The number of nitrogen functional groups attached to an aromatic ring is 1. The highest BCUT2D eigenvalue weighted by Gasteiger charge is 2.32. The molecule has 0 unspecified atom stereocenters. The molecular formula is C24H28N6O3. The van der Waals surface area contributed by atoms with Crippen molar-refractivity contribution in [2.45, 2.75) is 44.8 Å². The number of nitrogens with zero attached hydrogens (tertiary/aromatic N) is 3. The summed E-state index contributed by atoms with van der Waals surface area (Å²) in [6.07, 6.45) is 5.67. The average molecular weight is 449 g/mol. The maximum Gasteiger partial charge on any atom is 0.277 e. The van der Waals surface area contributed by atoms with Gasteiger partial charge in [0, 0.05) is 48.9 Å². The topological polar surface area (TPSA) is 133 Å². The zero-order valence-corrected chi connectivity index (χ0v) is 18.8. The first-order chi connectivity index (χ1) is 15.8. The zero-order chi connectivity index (χ0) is 23.2. The third-order valence-electron chi connectivity index (χ3n) is 5.99. The summed E-state index contributed by atoms with van der Waals surface area (Å²) in [5.41, 5.74) is 15.2. The SMILES string of the molecule is CC1(C)Cc2cc(NC(=O)c3coc(-c4ccnc(N)c4)n3)c(N3CCC[C@@H](N)C3)cc2O1. The highest BCUT2D eigenvalue weighted by molar-refractivity contribution is 6.05. The summed E-state index contributed by atoms with van der Waals surface area (Å²) in [7, 11) is 0. The Morgan fingerprint density at radius 1 is 1.30 bits per heavy atom. The number of amides is 1. The minimum absolute atomic E-state index is 0.0961. The lowest BCUT2D eigenvalue weighted by atomic mass is 10.00. The smallest absolute Gasteiger partial charge is 0.277 e. The first-order valence-corrected chi connectivity index (χ1v) is 11.1. The zero-order valence-electron chi connectivity index (χ0n) is 18.8. The van der Waals surface area contributed by atoms with E-state index in [9.17, 15) is 4.79 Å². The predicted octanol–water partition coefficient (Wildman–Crippen LogP) is 3.21. The van der Waals surface area contributed by atoms with E-state index in [1.807, 2.05) is 12.1 Å². The van der Waals surface area contributed by atoms with E-state index < -0.39 is 0 Å². The number of hydrogen-bond donors (Lipinski definition) is 3. The van der Waals surface area contributed by atoms with Gasteiger partial charge in [-0.25, -0.2) is 9.97 Å². The molecule has 0 aliphatic carbocycles. The van der Waals surface area contributed by atoms with Crippen LogP contribution in [0.2, 0.25) is 0 Å². The molecule has 1 aromatic carbocycles. The Morgan fingerprint density at radius 3 is 2.94 bits per heavy atom. The molecule has 1 saturated heterocycles. The van der Waals surface area contributed by atoms with E-state index in [2.05, 4.69) is 34.0 Å². The summed E-state index contributed by atoms with van der Waals surface area (Å²) in [6, 6.07) is 7.49. The molecule has 2 aliphatic heterocycles. The molecule has 2 aromatic heterocycles. The molecule has 0 saturated carbocycles. The monoisotopic (exact) mass is 448 g/mol. The highest BCUT2D eigenvalue weighted by Crippen LogP contribution is 2.42. The van der Waals surface area contributed by atoms with Crippen LogP contribution in [0.5, 0.6) is 5.75 Å². The van der Waals surface area contributed by atoms with Crippen molar-refractivity contribution in [2.24, 2.45) is 5.73 Å². The number of oxazole rings is 1. The number of pyridine rings is 1.